The highest BCUT2D eigenvalue weighted by molar-refractivity contribution is 5.80. The van der Waals surface area contributed by atoms with E-state index in [1.54, 1.807) is 0 Å². The summed E-state index contributed by atoms with van der Waals surface area (Å²) in [5.41, 5.74) is 4.62. The number of ether oxygens (including phenoxy) is 1. The monoisotopic (exact) mass is 478 g/mol. The first-order valence-corrected chi connectivity index (χ1v) is 12.6. The third-order valence-electron chi connectivity index (χ3n) is 7.16. The third kappa shape index (κ3) is 5.84. The Hall–Kier alpha value is -3.35. The van der Waals surface area contributed by atoms with Crippen LogP contribution in [0.3, 0.4) is 0 Å². The van der Waals surface area contributed by atoms with Gasteiger partial charge in [0.25, 0.3) is 0 Å². The molecule has 0 spiro atoms. The van der Waals surface area contributed by atoms with Crippen molar-refractivity contribution in [3.05, 3.63) is 59.7 Å². The maximum absolute atomic E-state index is 12.7. The first-order chi connectivity index (χ1) is 17.0. The molecule has 4 rings (SSSR count). The minimum absolute atomic E-state index is 0.0275. The quantitative estimate of drug-likeness (QED) is 0.478. The Morgan fingerprint density at radius 3 is 2.26 bits per heavy atom. The molecule has 0 bridgehead atoms. The molecule has 3 N–H and O–H groups in total. The largest absolute Gasteiger partial charge is 0.481 e. The number of carboxylic acids is 1. The van der Waals surface area contributed by atoms with Crippen LogP contribution in [0.5, 0.6) is 0 Å². The number of rotatable bonds is 9. The molecule has 7 nitrogen and oxygen atoms in total. The Morgan fingerprint density at radius 1 is 1.00 bits per heavy atom. The Labute approximate surface area is 206 Å². The lowest BCUT2D eigenvalue weighted by atomic mass is 9.84. The number of hydrogen-bond donors (Lipinski definition) is 3. The van der Waals surface area contributed by atoms with Crippen LogP contribution < -0.4 is 10.6 Å². The average Bonchev–Trinajstić information content (AvgIpc) is 3.17. The van der Waals surface area contributed by atoms with Crippen molar-refractivity contribution in [3.63, 3.8) is 0 Å². The number of amides is 2. The molecule has 2 aliphatic carbocycles. The van der Waals surface area contributed by atoms with Crippen LogP contribution in [0.2, 0.25) is 0 Å². The number of fused-ring (bicyclic) bond motifs is 3. The Kier molecular flexibility index (Phi) is 8.06. The van der Waals surface area contributed by atoms with Gasteiger partial charge < -0.3 is 20.5 Å². The maximum Gasteiger partial charge on any atom is 0.407 e. The number of aliphatic carboxylic acids is 1. The smallest absolute Gasteiger partial charge is 0.407 e. The zero-order valence-electron chi connectivity index (χ0n) is 20.2. The lowest BCUT2D eigenvalue weighted by Crippen LogP contribution is -2.47. The Bertz CT molecular complexity index is 1020. The zero-order chi connectivity index (χ0) is 24.8. The van der Waals surface area contributed by atoms with Gasteiger partial charge in [-0.25, -0.2) is 4.79 Å². The van der Waals surface area contributed by atoms with E-state index < -0.39 is 18.0 Å². The molecule has 0 heterocycles. The highest BCUT2D eigenvalue weighted by Crippen LogP contribution is 2.44. The normalized spacial score (nSPS) is 19.8. The van der Waals surface area contributed by atoms with E-state index in [-0.39, 0.29) is 36.9 Å². The van der Waals surface area contributed by atoms with Crippen molar-refractivity contribution in [2.24, 2.45) is 5.92 Å². The number of carbonyl (C=O) groups is 3. The van der Waals surface area contributed by atoms with Crippen molar-refractivity contribution in [1.29, 1.82) is 0 Å². The van der Waals surface area contributed by atoms with Gasteiger partial charge in [-0.1, -0.05) is 74.7 Å². The van der Waals surface area contributed by atoms with E-state index in [2.05, 4.69) is 34.9 Å². The predicted molar refractivity (Wildman–Crippen MR) is 133 cm³/mol. The van der Waals surface area contributed by atoms with Crippen molar-refractivity contribution in [3.8, 4) is 11.1 Å². The Morgan fingerprint density at radius 2 is 1.63 bits per heavy atom. The standard InChI is InChI=1S/C28H34N2O5/c1-2-9-18(16-26(31)30-25-15-8-7-14-23(25)27(32)33)29-28(34)35-17-24-21-12-5-3-10-19(21)20-11-4-6-13-22(20)24/h3-6,10-13,18,23-25H,2,7-9,14-17H2,1H3,(H,29,34)(H,30,31)(H,32,33)/t18-,23-,25+/m1/s1. The van der Waals surface area contributed by atoms with E-state index in [0.717, 1.165) is 30.4 Å². The lowest BCUT2D eigenvalue weighted by Gasteiger charge is -2.30. The summed E-state index contributed by atoms with van der Waals surface area (Å²) < 4.78 is 5.64. The van der Waals surface area contributed by atoms with Gasteiger partial charge in [0.05, 0.1) is 5.92 Å². The second-order valence-electron chi connectivity index (χ2n) is 9.56. The molecule has 0 unspecified atom stereocenters. The van der Waals surface area contributed by atoms with Crippen LogP contribution in [0.4, 0.5) is 4.79 Å². The molecule has 35 heavy (non-hydrogen) atoms. The van der Waals surface area contributed by atoms with Gasteiger partial charge in [-0.15, -0.1) is 0 Å². The molecule has 7 heteroatoms. The van der Waals surface area contributed by atoms with E-state index in [4.69, 9.17) is 4.74 Å². The number of alkyl carbamates (subject to hydrolysis) is 1. The molecular formula is C28H34N2O5. The maximum atomic E-state index is 12.7. The van der Waals surface area contributed by atoms with Crippen LogP contribution in [-0.4, -0.2) is 41.8 Å². The van der Waals surface area contributed by atoms with Crippen molar-refractivity contribution in [1.82, 2.24) is 10.6 Å². The number of nitrogens with one attached hydrogen (secondary N) is 2. The van der Waals surface area contributed by atoms with Gasteiger partial charge in [-0.05, 0) is 41.5 Å². The van der Waals surface area contributed by atoms with Crippen LogP contribution in [0.15, 0.2) is 48.5 Å². The first kappa shape index (κ1) is 24.8. The average molecular weight is 479 g/mol. The number of carboxylic acid groups (broad SMARTS) is 1. The second kappa shape index (κ2) is 11.4. The minimum Gasteiger partial charge on any atom is -0.481 e. The number of carbonyl (C=O) groups excluding carboxylic acids is 2. The molecular weight excluding hydrogens is 444 g/mol. The molecule has 2 amide bonds. The summed E-state index contributed by atoms with van der Waals surface area (Å²) in [6, 6.07) is 15.6. The summed E-state index contributed by atoms with van der Waals surface area (Å²) >= 11 is 0. The van der Waals surface area contributed by atoms with E-state index in [0.29, 0.717) is 19.3 Å². The third-order valence-corrected chi connectivity index (χ3v) is 7.16. The van der Waals surface area contributed by atoms with E-state index in [1.165, 1.54) is 11.1 Å². The summed E-state index contributed by atoms with van der Waals surface area (Å²) in [6.45, 7) is 2.21. The topological polar surface area (TPSA) is 105 Å². The fraction of sp³-hybridized carbons (Fsp3) is 0.464. The van der Waals surface area contributed by atoms with Crippen LogP contribution in [0, 0.1) is 5.92 Å². The summed E-state index contributed by atoms with van der Waals surface area (Å²) in [6.07, 6.45) is 4.00. The van der Waals surface area contributed by atoms with Crippen molar-refractivity contribution in [2.45, 2.75) is 69.9 Å². The van der Waals surface area contributed by atoms with Crippen molar-refractivity contribution < 1.29 is 24.2 Å². The predicted octanol–water partition coefficient (Wildman–Crippen LogP) is 4.84. The molecule has 2 aromatic carbocycles. The summed E-state index contributed by atoms with van der Waals surface area (Å²) in [7, 11) is 0. The van der Waals surface area contributed by atoms with Gasteiger partial charge in [0.2, 0.25) is 5.91 Å². The second-order valence-corrected chi connectivity index (χ2v) is 9.56. The minimum atomic E-state index is -0.864. The van der Waals surface area contributed by atoms with Gasteiger partial charge in [-0.3, -0.25) is 9.59 Å². The molecule has 0 radical (unpaired) electrons. The van der Waals surface area contributed by atoms with E-state index >= 15 is 0 Å². The van der Waals surface area contributed by atoms with E-state index in [1.807, 2.05) is 31.2 Å². The fourth-order valence-electron chi connectivity index (χ4n) is 5.47. The van der Waals surface area contributed by atoms with Gasteiger partial charge >= 0.3 is 12.1 Å². The molecule has 1 saturated carbocycles. The number of hydrogen-bond acceptors (Lipinski definition) is 4. The molecule has 0 aromatic heterocycles. The molecule has 1 fully saturated rings. The van der Waals surface area contributed by atoms with Crippen LogP contribution >= 0.6 is 0 Å². The summed E-state index contributed by atoms with van der Waals surface area (Å²) in [5, 5.41) is 15.2. The first-order valence-electron chi connectivity index (χ1n) is 12.6. The molecule has 2 aromatic rings. The van der Waals surface area contributed by atoms with Crippen molar-refractivity contribution in [2.75, 3.05) is 6.61 Å². The van der Waals surface area contributed by atoms with Gasteiger partial charge in [0.1, 0.15) is 6.61 Å². The lowest BCUT2D eigenvalue weighted by molar-refractivity contribution is -0.144. The zero-order valence-corrected chi connectivity index (χ0v) is 20.2. The SMILES string of the molecule is CCC[C@H](CC(=O)N[C@H]1CCCC[C@H]1C(=O)O)NC(=O)OCC1c2ccccc2-c2ccccc21. The van der Waals surface area contributed by atoms with Crippen LogP contribution in [0.1, 0.15) is 68.9 Å². The van der Waals surface area contributed by atoms with Gasteiger partial charge in [-0.2, -0.15) is 0 Å². The molecule has 0 saturated heterocycles. The molecule has 0 aliphatic heterocycles. The van der Waals surface area contributed by atoms with Crippen LogP contribution in [0.25, 0.3) is 11.1 Å². The molecule has 186 valence electrons. The van der Waals surface area contributed by atoms with Gasteiger partial charge in [0.15, 0.2) is 0 Å². The molecule has 3 atom stereocenters. The van der Waals surface area contributed by atoms with Gasteiger partial charge in [0, 0.05) is 24.4 Å². The summed E-state index contributed by atoms with van der Waals surface area (Å²) in [5.74, 6) is -1.68. The summed E-state index contributed by atoms with van der Waals surface area (Å²) in [4.78, 5) is 36.9. The van der Waals surface area contributed by atoms with E-state index in [9.17, 15) is 19.5 Å². The highest BCUT2D eigenvalue weighted by atomic mass is 16.5. The van der Waals surface area contributed by atoms with Crippen molar-refractivity contribution >= 4 is 18.0 Å². The highest BCUT2D eigenvalue weighted by Gasteiger charge is 2.33. The fourth-order valence-corrected chi connectivity index (χ4v) is 5.47. The molecule has 2 aliphatic rings. The number of benzene rings is 2. The van der Waals surface area contributed by atoms with Crippen LogP contribution in [-0.2, 0) is 14.3 Å². The Balaban J connectivity index is 1.33.